The van der Waals surface area contributed by atoms with Crippen molar-refractivity contribution in [2.45, 2.75) is 32.7 Å². The molecule has 0 unspecified atom stereocenters. The summed E-state index contributed by atoms with van der Waals surface area (Å²) in [6, 6.07) is 8.57. The van der Waals surface area contributed by atoms with Crippen molar-refractivity contribution in [2.75, 3.05) is 29.9 Å². The first-order chi connectivity index (χ1) is 11.6. The van der Waals surface area contributed by atoms with Crippen LogP contribution in [0, 0.1) is 0 Å². The van der Waals surface area contributed by atoms with Gasteiger partial charge in [0.2, 0.25) is 5.95 Å². The van der Waals surface area contributed by atoms with Crippen molar-refractivity contribution in [1.29, 1.82) is 0 Å². The van der Waals surface area contributed by atoms with E-state index in [4.69, 9.17) is 5.11 Å². The second-order valence-corrected chi connectivity index (χ2v) is 7.28. The van der Waals surface area contributed by atoms with Crippen LogP contribution in [0.15, 0.2) is 28.7 Å². The molecule has 6 heteroatoms. The third-order valence-electron chi connectivity index (χ3n) is 4.22. The molecule has 0 saturated heterocycles. The van der Waals surface area contributed by atoms with Crippen LogP contribution in [0.4, 0.5) is 11.8 Å². The summed E-state index contributed by atoms with van der Waals surface area (Å²) in [5.41, 5.74) is 3.76. The van der Waals surface area contributed by atoms with E-state index in [2.05, 4.69) is 74.2 Å². The van der Waals surface area contributed by atoms with Gasteiger partial charge in [0, 0.05) is 30.2 Å². The van der Waals surface area contributed by atoms with Gasteiger partial charge in [-0.3, -0.25) is 0 Å². The molecule has 24 heavy (non-hydrogen) atoms. The van der Waals surface area contributed by atoms with Crippen molar-refractivity contribution in [1.82, 2.24) is 9.97 Å². The van der Waals surface area contributed by atoms with E-state index in [1.807, 2.05) is 0 Å². The van der Waals surface area contributed by atoms with Gasteiger partial charge in [0.05, 0.1) is 12.3 Å². The zero-order chi connectivity index (χ0) is 17.1. The van der Waals surface area contributed by atoms with E-state index < -0.39 is 0 Å². The van der Waals surface area contributed by atoms with Crippen LogP contribution in [0.3, 0.4) is 0 Å². The van der Waals surface area contributed by atoms with Crippen molar-refractivity contribution < 1.29 is 5.11 Å². The van der Waals surface area contributed by atoms with Crippen LogP contribution in [0.25, 0.3) is 0 Å². The van der Waals surface area contributed by atoms with Gasteiger partial charge in [-0.25, -0.2) is 4.98 Å². The average molecular weight is 391 g/mol. The number of hydrogen-bond donors (Lipinski definition) is 2. The Bertz CT molecular complexity index is 720. The monoisotopic (exact) mass is 390 g/mol. The Morgan fingerprint density at radius 3 is 2.83 bits per heavy atom. The van der Waals surface area contributed by atoms with E-state index in [-0.39, 0.29) is 6.61 Å². The number of anilines is 2. The number of rotatable bonds is 5. The predicted octanol–water partition coefficient (Wildman–Crippen LogP) is 3.33. The molecule has 5 nitrogen and oxygen atoms in total. The van der Waals surface area contributed by atoms with Gasteiger partial charge in [-0.15, -0.1) is 0 Å². The van der Waals surface area contributed by atoms with E-state index in [0.29, 0.717) is 18.4 Å². The Labute approximate surface area is 151 Å². The second-order valence-electron chi connectivity index (χ2n) is 6.36. The molecule has 0 atom stereocenters. The third kappa shape index (κ3) is 3.87. The molecular weight excluding hydrogens is 368 g/mol. The first kappa shape index (κ1) is 17.2. The van der Waals surface area contributed by atoms with Crippen LogP contribution in [0.1, 0.15) is 36.6 Å². The Morgan fingerprint density at radius 2 is 2.08 bits per heavy atom. The average Bonchev–Trinajstić information content (AvgIpc) is 2.59. The fourth-order valence-corrected chi connectivity index (χ4v) is 3.28. The van der Waals surface area contributed by atoms with Gasteiger partial charge in [0.1, 0.15) is 5.82 Å². The van der Waals surface area contributed by atoms with E-state index >= 15 is 0 Å². The van der Waals surface area contributed by atoms with Gasteiger partial charge in [0.15, 0.2) is 0 Å². The van der Waals surface area contributed by atoms with E-state index in [0.717, 1.165) is 35.5 Å². The fourth-order valence-electron chi connectivity index (χ4n) is 2.87. The number of nitrogens with one attached hydrogen (secondary N) is 1. The molecule has 2 aromatic rings. The van der Waals surface area contributed by atoms with Gasteiger partial charge in [-0.1, -0.05) is 35.8 Å². The lowest BCUT2D eigenvalue weighted by Gasteiger charge is -2.30. The topological polar surface area (TPSA) is 61.3 Å². The summed E-state index contributed by atoms with van der Waals surface area (Å²) in [6.45, 7) is 6.58. The van der Waals surface area contributed by atoms with Crippen LogP contribution >= 0.6 is 15.9 Å². The van der Waals surface area contributed by atoms with Gasteiger partial charge in [-0.05, 0) is 35.6 Å². The number of fused-ring (bicyclic) bond motifs is 1. The van der Waals surface area contributed by atoms with Crippen molar-refractivity contribution in [3.8, 4) is 0 Å². The Balaban J connectivity index is 1.88. The highest BCUT2D eigenvalue weighted by Gasteiger charge is 2.19. The van der Waals surface area contributed by atoms with Gasteiger partial charge >= 0.3 is 0 Å². The highest BCUT2D eigenvalue weighted by atomic mass is 79.9. The van der Waals surface area contributed by atoms with Crippen molar-refractivity contribution in [3.63, 3.8) is 0 Å². The highest BCUT2D eigenvalue weighted by molar-refractivity contribution is 9.10. The second kappa shape index (κ2) is 7.49. The van der Waals surface area contributed by atoms with E-state index in [9.17, 15) is 0 Å². The number of aromatic nitrogens is 2. The molecule has 1 aliphatic rings. The van der Waals surface area contributed by atoms with Gasteiger partial charge < -0.3 is 15.3 Å². The summed E-state index contributed by atoms with van der Waals surface area (Å²) in [5, 5.41) is 12.1. The molecule has 0 amide bonds. The SMILES string of the molecule is CC(C)c1cc(N2CCc3cc(Br)ccc3C2)nc(NCCO)n1. The Kier molecular flexibility index (Phi) is 5.36. The molecule has 3 rings (SSSR count). The standard InChI is InChI=1S/C18H23BrN4O/c1-12(2)16-10-17(22-18(21-16)20-6-8-24)23-7-5-13-9-15(19)4-3-14(13)11-23/h3-4,9-10,12,24H,5-8,11H2,1-2H3,(H,20,21,22). The molecule has 0 saturated carbocycles. The van der Waals surface area contributed by atoms with Crippen LogP contribution in [0.5, 0.6) is 0 Å². The van der Waals surface area contributed by atoms with Crippen LogP contribution in [0.2, 0.25) is 0 Å². The van der Waals surface area contributed by atoms with Crippen molar-refractivity contribution in [3.05, 3.63) is 45.6 Å². The number of hydrogen-bond acceptors (Lipinski definition) is 5. The van der Waals surface area contributed by atoms with Crippen LogP contribution < -0.4 is 10.2 Å². The number of benzene rings is 1. The largest absolute Gasteiger partial charge is 0.395 e. The minimum absolute atomic E-state index is 0.0660. The zero-order valence-electron chi connectivity index (χ0n) is 14.1. The minimum Gasteiger partial charge on any atom is -0.395 e. The molecule has 2 N–H and O–H groups in total. The predicted molar refractivity (Wildman–Crippen MR) is 101 cm³/mol. The number of nitrogens with zero attached hydrogens (tertiary/aromatic N) is 3. The molecule has 0 spiro atoms. The lowest BCUT2D eigenvalue weighted by Crippen LogP contribution is -2.31. The summed E-state index contributed by atoms with van der Waals surface area (Å²) >= 11 is 3.55. The number of aliphatic hydroxyl groups is 1. The van der Waals surface area contributed by atoms with Crippen LogP contribution in [-0.4, -0.2) is 34.8 Å². The lowest BCUT2D eigenvalue weighted by molar-refractivity contribution is 0.311. The highest BCUT2D eigenvalue weighted by Crippen LogP contribution is 2.27. The molecule has 0 bridgehead atoms. The molecule has 1 aromatic carbocycles. The summed E-state index contributed by atoms with van der Waals surface area (Å²) in [4.78, 5) is 11.5. The molecule has 2 heterocycles. The number of aliphatic hydroxyl groups excluding tert-OH is 1. The Morgan fingerprint density at radius 1 is 1.25 bits per heavy atom. The number of halogens is 1. The molecule has 128 valence electrons. The van der Waals surface area contributed by atoms with E-state index in [1.54, 1.807) is 0 Å². The zero-order valence-corrected chi connectivity index (χ0v) is 15.7. The van der Waals surface area contributed by atoms with Crippen molar-refractivity contribution >= 4 is 27.7 Å². The quantitative estimate of drug-likeness (QED) is 0.819. The maximum absolute atomic E-state index is 9.02. The normalized spacial score (nSPS) is 14.0. The van der Waals surface area contributed by atoms with Crippen molar-refractivity contribution in [2.24, 2.45) is 0 Å². The van der Waals surface area contributed by atoms with Crippen LogP contribution in [-0.2, 0) is 13.0 Å². The minimum atomic E-state index is 0.0660. The summed E-state index contributed by atoms with van der Waals surface area (Å²) in [7, 11) is 0. The smallest absolute Gasteiger partial charge is 0.224 e. The molecular formula is C18H23BrN4O. The van der Waals surface area contributed by atoms with Gasteiger partial charge in [0.25, 0.3) is 0 Å². The maximum atomic E-state index is 9.02. The first-order valence-electron chi connectivity index (χ1n) is 8.33. The molecule has 1 aromatic heterocycles. The summed E-state index contributed by atoms with van der Waals surface area (Å²) < 4.78 is 1.13. The van der Waals surface area contributed by atoms with Gasteiger partial charge in [-0.2, -0.15) is 4.98 Å². The molecule has 1 aliphatic heterocycles. The lowest BCUT2D eigenvalue weighted by atomic mass is 10.00. The maximum Gasteiger partial charge on any atom is 0.224 e. The summed E-state index contributed by atoms with van der Waals surface area (Å²) in [6.07, 6.45) is 1.01. The molecule has 0 aliphatic carbocycles. The first-order valence-corrected chi connectivity index (χ1v) is 9.12. The third-order valence-corrected chi connectivity index (χ3v) is 4.72. The fraction of sp³-hybridized carbons (Fsp3) is 0.444. The summed E-state index contributed by atoms with van der Waals surface area (Å²) in [5.74, 6) is 1.86. The Hall–Kier alpha value is -1.66. The molecule has 0 fully saturated rings. The van der Waals surface area contributed by atoms with E-state index in [1.165, 1.54) is 11.1 Å². The molecule has 0 radical (unpaired) electrons.